The molecule has 4 N–H and O–H groups in total. The summed E-state index contributed by atoms with van der Waals surface area (Å²) in [5, 5.41) is 6.05. The van der Waals surface area contributed by atoms with Crippen molar-refractivity contribution in [2.45, 2.75) is 19.1 Å². The predicted molar refractivity (Wildman–Crippen MR) is 75.8 cm³/mol. The summed E-state index contributed by atoms with van der Waals surface area (Å²) in [5.41, 5.74) is 5.85. The van der Waals surface area contributed by atoms with Crippen molar-refractivity contribution in [2.24, 2.45) is 5.73 Å². The van der Waals surface area contributed by atoms with Crippen LogP contribution < -0.4 is 16.4 Å². The van der Waals surface area contributed by atoms with Crippen LogP contribution in [0.15, 0.2) is 18.2 Å². The molecule has 0 aliphatic carbocycles. The SMILES string of the molecule is C[C@H]1OCCN[C@@H]1C(=O)Nc1ccc(Cl)c(C(N)=O)c1. The number of nitrogens with two attached hydrogens (primary N) is 1. The highest BCUT2D eigenvalue weighted by Crippen LogP contribution is 2.20. The van der Waals surface area contributed by atoms with E-state index in [9.17, 15) is 9.59 Å². The molecule has 7 heteroatoms. The van der Waals surface area contributed by atoms with Gasteiger partial charge in [-0.2, -0.15) is 0 Å². The molecule has 0 aromatic heterocycles. The van der Waals surface area contributed by atoms with Gasteiger partial charge in [-0.3, -0.25) is 9.59 Å². The third-order valence-electron chi connectivity index (χ3n) is 3.10. The number of nitrogens with one attached hydrogen (secondary N) is 2. The maximum Gasteiger partial charge on any atom is 0.250 e. The van der Waals surface area contributed by atoms with E-state index < -0.39 is 11.9 Å². The topological polar surface area (TPSA) is 93.4 Å². The van der Waals surface area contributed by atoms with E-state index >= 15 is 0 Å². The van der Waals surface area contributed by atoms with Gasteiger partial charge < -0.3 is 21.1 Å². The molecule has 0 saturated carbocycles. The van der Waals surface area contributed by atoms with Crippen LogP contribution in [0, 0.1) is 0 Å². The van der Waals surface area contributed by atoms with E-state index in [1.165, 1.54) is 12.1 Å². The lowest BCUT2D eigenvalue weighted by atomic mass is 10.1. The van der Waals surface area contributed by atoms with Crippen LogP contribution in [0.5, 0.6) is 0 Å². The first-order chi connectivity index (χ1) is 9.49. The summed E-state index contributed by atoms with van der Waals surface area (Å²) in [6.07, 6.45) is -0.216. The van der Waals surface area contributed by atoms with Gasteiger partial charge in [-0.25, -0.2) is 0 Å². The van der Waals surface area contributed by atoms with E-state index in [4.69, 9.17) is 22.1 Å². The normalized spacial score (nSPS) is 22.3. The second-order valence-corrected chi connectivity index (χ2v) is 4.96. The molecule has 0 radical (unpaired) electrons. The first kappa shape index (κ1) is 14.8. The van der Waals surface area contributed by atoms with Crippen LogP contribution in [-0.2, 0) is 9.53 Å². The summed E-state index contributed by atoms with van der Waals surface area (Å²) in [4.78, 5) is 23.3. The fourth-order valence-corrected chi connectivity index (χ4v) is 2.25. The van der Waals surface area contributed by atoms with E-state index in [0.717, 1.165) is 0 Å². The third kappa shape index (κ3) is 3.27. The van der Waals surface area contributed by atoms with Crippen molar-refractivity contribution in [3.63, 3.8) is 0 Å². The molecule has 1 aromatic rings. The van der Waals surface area contributed by atoms with Gasteiger partial charge in [-0.15, -0.1) is 0 Å². The fraction of sp³-hybridized carbons (Fsp3) is 0.385. The molecule has 0 unspecified atom stereocenters. The smallest absolute Gasteiger partial charge is 0.250 e. The van der Waals surface area contributed by atoms with Gasteiger partial charge in [0.2, 0.25) is 11.8 Å². The number of hydrogen-bond donors (Lipinski definition) is 3. The Labute approximate surface area is 121 Å². The highest BCUT2D eigenvalue weighted by Gasteiger charge is 2.28. The number of carbonyl (C=O) groups excluding carboxylic acids is 2. The summed E-state index contributed by atoms with van der Waals surface area (Å²) in [6.45, 7) is 3.03. The number of primary amides is 1. The molecule has 2 amide bonds. The van der Waals surface area contributed by atoms with Crippen molar-refractivity contribution in [3.05, 3.63) is 28.8 Å². The standard InChI is InChI=1S/C13H16ClN3O3/c1-7-11(16-4-5-20-7)13(19)17-8-2-3-10(14)9(6-8)12(15)18/h2-3,6-7,11,16H,4-5H2,1H3,(H2,15,18)(H,17,19)/t7-,11+/m1/s1. The van der Waals surface area contributed by atoms with Gasteiger partial charge in [0.1, 0.15) is 6.04 Å². The van der Waals surface area contributed by atoms with Crippen molar-refractivity contribution < 1.29 is 14.3 Å². The quantitative estimate of drug-likeness (QED) is 0.767. The first-order valence-electron chi connectivity index (χ1n) is 6.24. The first-order valence-corrected chi connectivity index (χ1v) is 6.62. The molecule has 1 aliphatic heterocycles. The van der Waals surface area contributed by atoms with Crippen LogP contribution in [0.3, 0.4) is 0 Å². The molecule has 0 bridgehead atoms. The minimum Gasteiger partial charge on any atom is -0.375 e. The maximum atomic E-state index is 12.1. The average molecular weight is 298 g/mol. The number of rotatable bonds is 3. The minimum atomic E-state index is -0.640. The molecule has 1 saturated heterocycles. The van der Waals surface area contributed by atoms with Crippen molar-refractivity contribution in [3.8, 4) is 0 Å². The Hall–Kier alpha value is -1.63. The summed E-state index contributed by atoms with van der Waals surface area (Å²) in [5.74, 6) is -0.867. The molecule has 0 spiro atoms. The second kappa shape index (κ2) is 6.21. The van der Waals surface area contributed by atoms with Crippen molar-refractivity contribution in [1.29, 1.82) is 0 Å². The molecule has 1 fully saturated rings. The maximum absolute atomic E-state index is 12.1. The van der Waals surface area contributed by atoms with Crippen molar-refractivity contribution in [1.82, 2.24) is 5.32 Å². The Morgan fingerprint density at radius 2 is 2.25 bits per heavy atom. The van der Waals surface area contributed by atoms with E-state index in [1.807, 2.05) is 6.92 Å². The Kier molecular flexibility index (Phi) is 4.59. The van der Waals surface area contributed by atoms with Gasteiger partial charge in [-0.05, 0) is 25.1 Å². The van der Waals surface area contributed by atoms with Crippen LogP contribution >= 0.6 is 11.6 Å². The monoisotopic (exact) mass is 297 g/mol. The molecule has 2 rings (SSSR count). The van der Waals surface area contributed by atoms with Gasteiger partial charge >= 0.3 is 0 Å². The zero-order valence-corrected chi connectivity index (χ0v) is 11.7. The number of morpholine rings is 1. The molecule has 1 aliphatic rings. The largest absolute Gasteiger partial charge is 0.375 e. The average Bonchev–Trinajstić information content (AvgIpc) is 2.41. The molecule has 1 heterocycles. The van der Waals surface area contributed by atoms with Crippen molar-refractivity contribution in [2.75, 3.05) is 18.5 Å². The molecule has 6 nitrogen and oxygen atoms in total. The highest BCUT2D eigenvalue weighted by atomic mass is 35.5. The van der Waals surface area contributed by atoms with Gasteiger partial charge in [-0.1, -0.05) is 11.6 Å². The lowest BCUT2D eigenvalue weighted by molar-refractivity contribution is -0.123. The van der Waals surface area contributed by atoms with Gasteiger partial charge in [0.05, 0.1) is 23.3 Å². The zero-order valence-electron chi connectivity index (χ0n) is 11.0. The lowest BCUT2D eigenvalue weighted by Gasteiger charge is -2.29. The van der Waals surface area contributed by atoms with Crippen LogP contribution in [-0.4, -0.2) is 37.1 Å². The Morgan fingerprint density at radius 3 is 2.90 bits per heavy atom. The molecule has 1 aromatic carbocycles. The predicted octanol–water partition coefficient (Wildman–Crippen LogP) is 0.754. The summed E-state index contributed by atoms with van der Waals surface area (Å²) in [7, 11) is 0. The highest BCUT2D eigenvalue weighted by molar-refractivity contribution is 6.34. The second-order valence-electron chi connectivity index (χ2n) is 4.56. The van der Waals surface area contributed by atoms with E-state index in [-0.39, 0.29) is 22.6 Å². The van der Waals surface area contributed by atoms with Gasteiger partial charge in [0.25, 0.3) is 0 Å². The van der Waals surface area contributed by atoms with E-state index in [1.54, 1.807) is 6.07 Å². The number of anilines is 1. The summed E-state index contributed by atoms with van der Waals surface area (Å²) in [6, 6.07) is 4.15. The van der Waals surface area contributed by atoms with Crippen LogP contribution in [0.4, 0.5) is 5.69 Å². The Bertz CT molecular complexity index is 536. The Balaban J connectivity index is 2.11. The number of amides is 2. The van der Waals surface area contributed by atoms with E-state index in [0.29, 0.717) is 18.8 Å². The number of hydrogen-bond acceptors (Lipinski definition) is 4. The summed E-state index contributed by atoms with van der Waals surface area (Å²) >= 11 is 5.85. The van der Waals surface area contributed by atoms with E-state index in [2.05, 4.69) is 10.6 Å². The molecule has 2 atom stereocenters. The van der Waals surface area contributed by atoms with Crippen LogP contribution in [0.25, 0.3) is 0 Å². The minimum absolute atomic E-state index is 0.172. The van der Waals surface area contributed by atoms with Crippen LogP contribution in [0.2, 0.25) is 5.02 Å². The molecule has 20 heavy (non-hydrogen) atoms. The third-order valence-corrected chi connectivity index (χ3v) is 3.43. The van der Waals surface area contributed by atoms with Crippen LogP contribution in [0.1, 0.15) is 17.3 Å². The lowest BCUT2D eigenvalue weighted by Crippen LogP contribution is -2.53. The number of ether oxygens (including phenoxy) is 1. The molecular weight excluding hydrogens is 282 g/mol. The number of carbonyl (C=O) groups is 2. The summed E-state index contributed by atoms with van der Waals surface area (Å²) < 4.78 is 5.41. The number of benzene rings is 1. The number of halogens is 1. The zero-order chi connectivity index (χ0) is 14.7. The fourth-order valence-electron chi connectivity index (χ4n) is 2.04. The van der Waals surface area contributed by atoms with Crippen molar-refractivity contribution >= 4 is 29.1 Å². The van der Waals surface area contributed by atoms with Gasteiger partial charge in [0, 0.05) is 12.2 Å². The van der Waals surface area contributed by atoms with Gasteiger partial charge in [0.15, 0.2) is 0 Å². The Morgan fingerprint density at radius 1 is 1.50 bits per heavy atom. The molecular formula is C13H16ClN3O3. The molecule has 108 valence electrons.